The summed E-state index contributed by atoms with van der Waals surface area (Å²) in [6.45, 7) is 0. The fraction of sp³-hybridized carbons (Fsp3) is 0. The van der Waals surface area contributed by atoms with Crippen molar-refractivity contribution in [3.63, 3.8) is 0 Å². The second kappa shape index (κ2) is 4.00. The van der Waals surface area contributed by atoms with Crippen LogP contribution in [0.15, 0.2) is 22.6 Å². The third-order valence-electron chi connectivity index (χ3n) is 1.60. The third kappa shape index (κ3) is 1.99. The number of rotatable bonds is 1. The summed E-state index contributed by atoms with van der Waals surface area (Å²) in [7, 11) is 0. The maximum absolute atomic E-state index is 5.86. The Bertz CT molecular complexity index is 522. The molecule has 1 N–H and O–H groups in total. The summed E-state index contributed by atoms with van der Waals surface area (Å²) < 4.78 is 6.20. The first-order valence-electron chi connectivity index (χ1n) is 3.68. The molecule has 0 radical (unpaired) electrons. The zero-order valence-electron chi connectivity index (χ0n) is 6.75. The smallest absolute Gasteiger partial charge is 0.284 e. The Morgan fingerprint density at radius 1 is 1.50 bits per heavy atom. The molecule has 72 valence electrons. The zero-order chi connectivity index (χ0) is 10.1. The molecule has 1 aromatic carbocycles. The van der Waals surface area contributed by atoms with E-state index in [4.69, 9.17) is 28.2 Å². The average Bonchev–Trinajstić information content (AvgIpc) is 2.56. The standard InChI is InChI=1S/C8H4ClIN2OS/c9-4-1-2-6(10)5(3-4)7-11-12-8(14)13-7/h1-3H,(H,12,14). The lowest BCUT2D eigenvalue weighted by Gasteiger charge is -1.98. The number of H-pyrrole nitrogens is 1. The molecular weight excluding hydrogens is 335 g/mol. The number of hydrogen-bond acceptors (Lipinski definition) is 3. The van der Waals surface area contributed by atoms with Gasteiger partial charge in [0.1, 0.15) is 0 Å². The van der Waals surface area contributed by atoms with Crippen molar-refractivity contribution in [1.29, 1.82) is 0 Å². The predicted octanol–water partition coefficient (Wildman–Crippen LogP) is 3.66. The Hall–Kier alpha value is -0.400. The highest BCUT2D eigenvalue weighted by Crippen LogP contribution is 2.26. The molecule has 0 aliphatic rings. The van der Waals surface area contributed by atoms with Crippen molar-refractivity contribution in [2.45, 2.75) is 0 Å². The minimum absolute atomic E-state index is 0.260. The Labute approximate surface area is 104 Å². The number of halogens is 2. The van der Waals surface area contributed by atoms with Crippen LogP contribution in [0.2, 0.25) is 5.02 Å². The molecule has 0 atom stereocenters. The summed E-state index contributed by atoms with van der Waals surface area (Å²) in [6, 6.07) is 5.50. The molecule has 14 heavy (non-hydrogen) atoms. The van der Waals surface area contributed by atoms with Gasteiger partial charge in [0, 0.05) is 8.59 Å². The molecule has 2 rings (SSSR count). The number of nitrogens with one attached hydrogen (secondary N) is 1. The summed E-state index contributed by atoms with van der Waals surface area (Å²) in [5.74, 6) is 0.460. The van der Waals surface area contributed by atoms with Crippen molar-refractivity contribution in [3.8, 4) is 11.5 Å². The Kier molecular flexibility index (Phi) is 2.89. The van der Waals surface area contributed by atoms with Gasteiger partial charge in [-0.15, -0.1) is 5.10 Å². The fourth-order valence-electron chi connectivity index (χ4n) is 1.01. The van der Waals surface area contributed by atoms with Crippen molar-refractivity contribution in [1.82, 2.24) is 10.2 Å². The second-order valence-electron chi connectivity index (χ2n) is 2.54. The quantitative estimate of drug-likeness (QED) is 0.637. The highest BCUT2D eigenvalue weighted by atomic mass is 127. The van der Waals surface area contributed by atoms with Gasteiger partial charge in [-0.25, -0.2) is 5.10 Å². The molecule has 0 amide bonds. The lowest BCUT2D eigenvalue weighted by Crippen LogP contribution is -1.82. The van der Waals surface area contributed by atoms with Crippen LogP contribution >= 0.6 is 46.4 Å². The summed E-state index contributed by atoms with van der Waals surface area (Å²) in [4.78, 5) is 0.260. The van der Waals surface area contributed by atoms with E-state index in [0.29, 0.717) is 10.9 Å². The molecule has 3 nitrogen and oxygen atoms in total. The first-order chi connectivity index (χ1) is 6.66. The van der Waals surface area contributed by atoms with Crippen LogP contribution in [0.3, 0.4) is 0 Å². The van der Waals surface area contributed by atoms with E-state index in [9.17, 15) is 0 Å². The molecule has 0 saturated heterocycles. The lowest BCUT2D eigenvalue weighted by molar-refractivity contribution is 0.551. The summed E-state index contributed by atoms with van der Waals surface area (Å²) in [5, 5.41) is 7.14. The van der Waals surface area contributed by atoms with Gasteiger partial charge in [0.15, 0.2) is 0 Å². The first-order valence-corrected chi connectivity index (χ1v) is 5.54. The second-order valence-corrected chi connectivity index (χ2v) is 4.51. The maximum atomic E-state index is 5.86. The summed E-state index contributed by atoms with van der Waals surface area (Å²) in [6.07, 6.45) is 0. The van der Waals surface area contributed by atoms with Crippen molar-refractivity contribution in [2.24, 2.45) is 0 Å². The van der Waals surface area contributed by atoms with E-state index in [2.05, 4.69) is 32.8 Å². The molecule has 2 aromatic rings. The van der Waals surface area contributed by atoms with E-state index in [1.807, 2.05) is 12.1 Å². The topological polar surface area (TPSA) is 41.8 Å². The minimum Gasteiger partial charge on any atom is -0.409 e. The van der Waals surface area contributed by atoms with Crippen LogP contribution in [0.25, 0.3) is 11.5 Å². The minimum atomic E-state index is 0.260. The molecule has 0 bridgehead atoms. The zero-order valence-corrected chi connectivity index (χ0v) is 10.5. The van der Waals surface area contributed by atoms with Crippen molar-refractivity contribution < 1.29 is 4.42 Å². The van der Waals surface area contributed by atoms with Crippen LogP contribution in [-0.4, -0.2) is 10.2 Å². The van der Waals surface area contributed by atoms with E-state index in [0.717, 1.165) is 9.13 Å². The van der Waals surface area contributed by atoms with Crippen LogP contribution in [-0.2, 0) is 0 Å². The predicted molar refractivity (Wildman–Crippen MR) is 64.9 cm³/mol. The van der Waals surface area contributed by atoms with Gasteiger partial charge >= 0.3 is 0 Å². The van der Waals surface area contributed by atoms with Crippen LogP contribution in [0.1, 0.15) is 0 Å². The number of nitrogens with zero attached hydrogens (tertiary/aromatic N) is 1. The number of hydrogen-bond donors (Lipinski definition) is 1. The van der Waals surface area contributed by atoms with Gasteiger partial charge in [-0.2, -0.15) is 0 Å². The Morgan fingerprint density at radius 3 is 2.93 bits per heavy atom. The molecule has 0 aliphatic carbocycles. The largest absolute Gasteiger partial charge is 0.409 e. The lowest BCUT2D eigenvalue weighted by atomic mass is 10.2. The summed E-state index contributed by atoms with van der Waals surface area (Å²) in [5.41, 5.74) is 0.838. The van der Waals surface area contributed by atoms with Gasteiger partial charge in [0.05, 0.1) is 5.56 Å². The number of benzene rings is 1. The molecule has 1 heterocycles. The Morgan fingerprint density at radius 2 is 2.29 bits per heavy atom. The number of aromatic nitrogens is 2. The van der Waals surface area contributed by atoms with Crippen LogP contribution in [0, 0.1) is 8.41 Å². The Balaban J connectivity index is 2.61. The van der Waals surface area contributed by atoms with Crippen LogP contribution in [0.5, 0.6) is 0 Å². The fourth-order valence-corrected chi connectivity index (χ4v) is 1.87. The number of aromatic amines is 1. The normalized spacial score (nSPS) is 10.4. The van der Waals surface area contributed by atoms with E-state index in [1.165, 1.54) is 0 Å². The van der Waals surface area contributed by atoms with E-state index >= 15 is 0 Å². The SMILES string of the molecule is S=c1[nH]nc(-c2cc(Cl)ccc2I)o1. The molecule has 6 heteroatoms. The highest BCUT2D eigenvalue weighted by Gasteiger charge is 2.08. The maximum Gasteiger partial charge on any atom is 0.284 e. The molecule has 1 aromatic heterocycles. The van der Waals surface area contributed by atoms with Gasteiger partial charge in [-0.3, -0.25) is 0 Å². The molecule has 0 spiro atoms. The third-order valence-corrected chi connectivity index (χ3v) is 2.95. The molecule has 0 aliphatic heterocycles. The van der Waals surface area contributed by atoms with E-state index in [-0.39, 0.29) is 4.84 Å². The van der Waals surface area contributed by atoms with Crippen molar-refractivity contribution in [2.75, 3.05) is 0 Å². The molecule has 0 unspecified atom stereocenters. The van der Waals surface area contributed by atoms with E-state index in [1.54, 1.807) is 6.07 Å². The molecular formula is C8H4ClIN2OS. The van der Waals surface area contributed by atoms with E-state index < -0.39 is 0 Å². The van der Waals surface area contributed by atoms with Gasteiger partial charge in [-0.05, 0) is 53.0 Å². The summed E-state index contributed by atoms with van der Waals surface area (Å²) >= 11 is 12.8. The first kappa shape index (κ1) is 10.1. The van der Waals surface area contributed by atoms with Gasteiger partial charge in [-0.1, -0.05) is 11.6 Å². The van der Waals surface area contributed by atoms with Crippen molar-refractivity contribution in [3.05, 3.63) is 31.6 Å². The highest BCUT2D eigenvalue weighted by molar-refractivity contribution is 14.1. The van der Waals surface area contributed by atoms with Crippen molar-refractivity contribution >= 4 is 46.4 Å². The molecule has 0 fully saturated rings. The van der Waals surface area contributed by atoms with Gasteiger partial charge in [0.2, 0.25) is 5.89 Å². The van der Waals surface area contributed by atoms with Crippen LogP contribution in [0.4, 0.5) is 0 Å². The average molecular weight is 339 g/mol. The molecule has 0 saturated carbocycles. The monoisotopic (exact) mass is 338 g/mol. The van der Waals surface area contributed by atoms with Crippen LogP contribution < -0.4 is 0 Å². The van der Waals surface area contributed by atoms with Gasteiger partial charge < -0.3 is 4.42 Å². The van der Waals surface area contributed by atoms with Gasteiger partial charge in [0.25, 0.3) is 4.84 Å².